The second-order valence-electron chi connectivity index (χ2n) is 3.78. The predicted molar refractivity (Wildman–Crippen MR) is 67.4 cm³/mol. The predicted octanol–water partition coefficient (Wildman–Crippen LogP) is 0.651. The minimum atomic E-state index is -0.309. The van der Waals surface area contributed by atoms with E-state index in [1.54, 1.807) is 0 Å². The first-order chi connectivity index (χ1) is 8.70. The van der Waals surface area contributed by atoms with Crippen LogP contribution in [0.3, 0.4) is 0 Å². The highest BCUT2D eigenvalue weighted by Crippen LogP contribution is 2.00. The lowest BCUT2D eigenvalue weighted by Crippen LogP contribution is -2.28. The van der Waals surface area contributed by atoms with E-state index in [4.69, 9.17) is 0 Å². The molecule has 2 aromatic rings. The average Bonchev–Trinajstić information content (AvgIpc) is 2.41. The van der Waals surface area contributed by atoms with Gasteiger partial charge in [-0.15, -0.1) is 0 Å². The Hall–Kier alpha value is -2.43. The Kier molecular flexibility index (Phi) is 3.52. The molecule has 1 heterocycles. The van der Waals surface area contributed by atoms with Crippen molar-refractivity contribution in [1.29, 1.82) is 0 Å². The molecule has 18 heavy (non-hydrogen) atoms. The molecule has 0 saturated heterocycles. The van der Waals surface area contributed by atoms with Crippen LogP contribution in [0.5, 0.6) is 0 Å². The molecule has 0 bridgehead atoms. The van der Waals surface area contributed by atoms with Gasteiger partial charge in [-0.05, 0) is 11.6 Å². The fourth-order valence-electron chi connectivity index (χ4n) is 1.57. The van der Waals surface area contributed by atoms with Crippen molar-refractivity contribution in [3.05, 3.63) is 64.1 Å². The number of rotatable bonds is 3. The zero-order chi connectivity index (χ0) is 13.0. The fraction of sp³-hybridized carbons (Fsp3) is 0.154. The summed E-state index contributed by atoms with van der Waals surface area (Å²) in [7, 11) is 1.52. The van der Waals surface area contributed by atoms with Crippen molar-refractivity contribution in [2.45, 2.75) is 6.54 Å². The van der Waals surface area contributed by atoms with Crippen LogP contribution in [-0.2, 0) is 6.54 Å². The van der Waals surface area contributed by atoms with Crippen LogP contribution in [0.1, 0.15) is 16.1 Å². The maximum absolute atomic E-state index is 11.7. The Balaban J connectivity index is 2.33. The van der Waals surface area contributed by atoms with Crippen molar-refractivity contribution in [2.75, 3.05) is 7.05 Å². The minimum Gasteiger partial charge on any atom is -0.354 e. The molecule has 2 rings (SSSR count). The van der Waals surface area contributed by atoms with Gasteiger partial charge in [0.25, 0.3) is 11.5 Å². The third kappa shape index (κ3) is 2.63. The number of hydrogen-bond donors (Lipinski definition) is 1. The van der Waals surface area contributed by atoms with Gasteiger partial charge in [0.2, 0.25) is 0 Å². The summed E-state index contributed by atoms with van der Waals surface area (Å²) in [5, 5.41) is 6.51. The van der Waals surface area contributed by atoms with Crippen LogP contribution >= 0.6 is 0 Å². The normalized spacial score (nSPS) is 10.1. The summed E-state index contributed by atoms with van der Waals surface area (Å²) in [6.07, 6.45) is 0. The minimum absolute atomic E-state index is 0.230. The molecule has 1 N–H and O–H groups in total. The Morgan fingerprint density at radius 1 is 1.22 bits per heavy atom. The lowest BCUT2D eigenvalue weighted by atomic mass is 10.2. The van der Waals surface area contributed by atoms with Crippen LogP contribution in [0.2, 0.25) is 0 Å². The van der Waals surface area contributed by atoms with Gasteiger partial charge in [-0.2, -0.15) is 5.10 Å². The van der Waals surface area contributed by atoms with Crippen LogP contribution < -0.4 is 10.9 Å². The highest BCUT2D eigenvalue weighted by atomic mass is 16.2. The summed E-state index contributed by atoms with van der Waals surface area (Å²) in [6.45, 7) is 0.352. The largest absolute Gasteiger partial charge is 0.354 e. The molecular weight excluding hydrogens is 230 g/mol. The number of nitrogens with zero attached hydrogens (tertiary/aromatic N) is 2. The summed E-state index contributed by atoms with van der Waals surface area (Å²) >= 11 is 0. The monoisotopic (exact) mass is 243 g/mol. The molecule has 0 saturated carbocycles. The van der Waals surface area contributed by atoms with Gasteiger partial charge in [0.1, 0.15) is 5.69 Å². The van der Waals surface area contributed by atoms with Gasteiger partial charge < -0.3 is 5.32 Å². The third-order valence-corrected chi connectivity index (χ3v) is 2.50. The molecule has 1 amide bonds. The topological polar surface area (TPSA) is 64.0 Å². The SMILES string of the molecule is CNC(=O)c1ccc(=O)n(Cc2ccccc2)n1. The van der Waals surface area contributed by atoms with Crippen LogP contribution in [0, 0.1) is 0 Å². The molecule has 1 aromatic heterocycles. The van der Waals surface area contributed by atoms with E-state index in [-0.39, 0.29) is 17.2 Å². The van der Waals surface area contributed by atoms with E-state index in [0.717, 1.165) is 5.56 Å². The summed E-state index contributed by atoms with van der Waals surface area (Å²) in [5.74, 6) is -0.309. The Morgan fingerprint density at radius 3 is 2.61 bits per heavy atom. The molecule has 0 aliphatic rings. The first kappa shape index (κ1) is 12.0. The van der Waals surface area contributed by atoms with E-state index in [2.05, 4.69) is 10.4 Å². The molecule has 0 spiro atoms. The van der Waals surface area contributed by atoms with Crippen molar-refractivity contribution in [3.63, 3.8) is 0 Å². The second-order valence-corrected chi connectivity index (χ2v) is 3.78. The van der Waals surface area contributed by atoms with Gasteiger partial charge in [-0.1, -0.05) is 30.3 Å². The maximum Gasteiger partial charge on any atom is 0.271 e. The molecule has 5 nitrogen and oxygen atoms in total. The van der Waals surface area contributed by atoms with Crippen molar-refractivity contribution in [3.8, 4) is 0 Å². The molecule has 0 fully saturated rings. The van der Waals surface area contributed by atoms with Crippen molar-refractivity contribution in [2.24, 2.45) is 0 Å². The van der Waals surface area contributed by atoms with Crippen LogP contribution in [-0.4, -0.2) is 22.7 Å². The van der Waals surface area contributed by atoms with Gasteiger partial charge in [-0.3, -0.25) is 9.59 Å². The van der Waals surface area contributed by atoms with Gasteiger partial charge in [-0.25, -0.2) is 4.68 Å². The zero-order valence-corrected chi connectivity index (χ0v) is 9.96. The van der Waals surface area contributed by atoms with E-state index in [1.165, 1.54) is 23.9 Å². The number of carbonyl (C=O) groups excluding carboxylic acids is 1. The molecular formula is C13H13N3O2. The number of hydrogen-bond acceptors (Lipinski definition) is 3. The second kappa shape index (κ2) is 5.27. The van der Waals surface area contributed by atoms with Gasteiger partial charge in [0, 0.05) is 13.1 Å². The molecule has 0 aliphatic heterocycles. The van der Waals surface area contributed by atoms with E-state index in [9.17, 15) is 9.59 Å². The number of benzene rings is 1. The molecule has 0 aliphatic carbocycles. The zero-order valence-electron chi connectivity index (χ0n) is 9.96. The van der Waals surface area contributed by atoms with E-state index in [1.807, 2.05) is 30.3 Å². The molecule has 92 valence electrons. The third-order valence-electron chi connectivity index (χ3n) is 2.50. The lowest BCUT2D eigenvalue weighted by molar-refractivity contribution is 0.0955. The average molecular weight is 243 g/mol. The summed E-state index contributed by atoms with van der Waals surface area (Å²) in [6, 6.07) is 12.3. The summed E-state index contributed by atoms with van der Waals surface area (Å²) < 4.78 is 1.28. The summed E-state index contributed by atoms with van der Waals surface area (Å²) in [4.78, 5) is 23.1. The van der Waals surface area contributed by atoms with Crippen molar-refractivity contribution < 1.29 is 4.79 Å². The maximum atomic E-state index is 11.7. The number of amides is 1. The molecule has 0 unspecified atom stereocenters. The fourth-order valence-corrected chi connectivity index (χ4v) is 1.57. The number of carbonyl (C=O) groups is 1. The summed E-state index contributed by atoms with van der Waals surface area (Å²) in [5.41, 5.74) is 0.959. The Labute approximate surface area is 104 Å². The molecule has 1 aromatic carbocycles. The Bertz CT molecular complexity index is 605. The standard InChI is InChI=1S/C13H13N3O2/c1-14-13(18)11-7-8-12(17)16(15-11)9-10-5-3-2-4-6-10/h2-8H,9H2,1H3,(H,14,18). The van der Waals surface area contributed by atoms with Crippen LogP contribution in [0.15, 0.2) is 47.3 Å². The molecule has 0 atom stereocenters. The van der Waals surface area contributed by atoms with Gasteiger partial charge in [0.15, 0.2) is 0 Å². The first-order valence-electron chi connectivity index (χ1n) is 5.55. The van der Waals surface area contributed by atoms with E-state index in [0.29, 0.717) is 6.54 Å². The van der Waals surface area contributed by atoms with Crippen LogP contribution in [0.25, 0.3) is 0 Å². The Morgan fingerprint density at radius 2 is 1.94 bits per heavy atom. The van der Waals surface area contributed by atoms with E-state index >= 15 is 0 Å². The van der Waals surface area contributed by atoms with Crippen LogP contribution in [0.4, 0.5) is 0 Å². The quantitative estimate of drug-likeness (QED) is 0.861. The number of nitrogens with one attached hydrogen (secondary N) is 1. The van der Waals surface area contributed by atoms with Crippen molar-refractivity contribution >= 4 is 5.91 Å². The molecule has 0 radical (unpaired) electrons. The number of aromatic nitrogens is 2. The lowest BCUT2D eigenvalue weighted by Gasteiger charge is -2.06. The van der Waals surface area contributed by atoms with Gasteiger partial charge >= 0.3 is 0 Å². The van der Waals surface area contributed by atoms with Gasteiger partial charge in [0.05, 0.1) is 6.54 Å². The smallest absolute Gasteiger partial charge is 0.271 e. The van der Waals surface area contributed by atoms with Crippen molar-refractivity contribution in [1.82, 2.24) is 15.1 Å². The van der Waals surface area contributed by atoms with E-state index < -0.39 is 0 Å². The highest BCUT2D eigenvalue weighted by Gasteiger charge is 2.07. The first-order valence-corrected chi connectivity index (χ1v) is 5.55. The highest BCUT2D eigenvalue weighted by molar-refractivity contribution is 5.91. The molecule has 5 heteroatoms.